The maximum Gasteiger partial charge on any atom is 0.272 e. The molecular weight excluding hydrogens is 242 g/mol. The number of nitro groups is 1. The van der Waals surface area contributed by atoms with Crippen molar-refractivity contribution in [3.63, 3.8) is 0 Å². The zero-order chi connectivity index (χ0) is 13.8. The number of rotatable bonds is 5. The van der Waals surface area contributed by atoms with Gasteiger partial charge < -0.3 is 11.1 Å². The Labute approximate surface area is 113 Å². The second-order valence-electron chi connectivity index (χ2n) is 5.23. The van der Waals surface area contributed by atoms with E-state index in [2.05, 4.69) is 5.32 Å². The third kappa shape index (κ3) is 3.11. The summed E-state index contributed by atoms with van der Waals surface area (Å²) < 4.78 is 0. The SMILES string of the molecule is Cc1c(CNC2CCCC2CN)cccc1[N+](=O)[O-]. The van der Waals surface area contributed by atoms with Crippen LogP contribution in [0.15, 0.2) is 18.2 Å². The van der Waals surface area contributed by atoms with Crippen LogP contribution in [0.1, 0.15) is 30.4 Å². The molecule has 1 aromatic rings. The molecule has 0 aromatic heterocycles. The van der Waals surface area contributed by atoms with Gasteiger partial charge in [0.05, 0.1) is 4.92 Å². The van der Waals surface area contributed by atoms with E-state index in [9.17, 15) is 10.1 Å². The van der Waals surface area contributed by atoms with Crippen LogP contribution in [-0.2, 0) is 6.54 Å². The number of nitrogens with one attached hydrogen (secondary N) is 1. The molecule has 0 amide bonds. The van der Waals surface area contributed by atoms with E-state index < -0.39 is 0 Å². The highest BCUT2D eigenvalue weighted by atomic mass is 16.6. The van der Waals surface area contributed by atoms with Crippen LogP contribution < -0.4 is 11.1 Å². The van der Waals surface area contributed by atoms with Gasteiger partial charge in [0.15, 0.2) is 0 Å². The smallest absolute Gasteiger partial charge is 0.272 e. The molecule has 19 heavy (non-hydrogen) atoms. The Morgan fingerprint density at radius 3 is 2.95 bits per heavy atom. The molecule has 1 fully saturated rings. The third-order valence-corrected chi connectivity index (χ3v) is 4.13. The molecule has 1 aromatic carbocycles. The lowest BCUT2D eigenvalue weighted by Gasteiger charge is -2.20. The monoisotopic (exact) mass is 263 g/mol. The molecule has 0 aliphatic heterocycles. The van der Waals surface area contributed by atoms with Crippen LogP contribution in [0, 0.1) is 23.0 Å². The zero-order valence-electron chi connectivity index (χ0n) is 11.3. The molecule has 0 radical (unpaired) electrons. The first-order valence-corrected chi connectivity index (χ1v) is 6.79. The molecular formula is C14H21N3O2. The van der Waals surface area contributed by atoms with Crippen LogP contribution in [0.4, 0.5) is 5.69 Å². The summed E-state index contributed by atoms with van der Waals surface area (Å²) in [6.45, 7) is 3.20. The largest absolute Gasteiger partial charge is 0.330 e. The maximum absolute atomic E-state index is 10.9. The standard InChI is InChI=1S/C14H21N3O2/c1-10-12(5-3-7-14(10)17(18)19)9-16-13-6-2-4-11(13)8-15/h3,5,7,11,13,16H,2,4,6,8-9,15H2,1H3. The van der Waals surface area contributed by atoms with Crippen LogP contribution in [0.5, 0.6) is 0 Å². The Balaban J connectivity index is 2.03. The Kier molecular flexibility index (Phi) is 4.50. The molecule has 5 heteroatoms. The van der Waals surface area contributed by atoms with Crippen molar-refractivity contribution in [1.82, 2.24) is 5.32 Å². The van der Waals surface area contributed by atoms with Crippen molar-refractivity contribution in [2.45, 2.75) is 38.8 Å². The molecule has 5 nitrogen and oxygen atoms in total. The molecule has 0 bridgehead atoms. The number of nitrogens with two attached hydrogens (primary N) is 1. The highest BCUT2D eigenvalue weighted by Crippen LogP contribution is 2.26. The van der Waals surface area contributed by atoms with Gasteiger partial charge in [0, 0.05) is 24.2 Å². The number of hydrogen-bond donors (Lipinski definition) is 2. The van der Waals surface area contributed by atoms with Crippen LogP contribution in [-0.4, -0.2) is 17.5 Å². The van der Waals surface area contributed by atoms with E-state index in [1.54, 1.807) is 12.1 Å². The molecule has 2 unspecified atom stereocenters. The van der Waals surface area contributed by atoms with Gasteiger partial charge in [-0.25, -0.2) is 0 Å². The van der Waals surface area contributed by atoms with Gasteiger partial charge >= 0.3 is 0 Å². The molecule has 3 N–H and O–H groups in total. The van der Waals surface area contributed by atoms with Gasteiger partial charge in [0.25, 0.3) is 5.69 Å². The highest BCUT2D eigenvalue weighted by Gasteiger charge is 2.25. The van der Waals surface area contributed by atoms with E-state index in [-0.39, 0.29) is 10.6 Å². The Morgan fingerprint density at radius 2 is 2.26 bits per heavy atom. The van der Waals surface area contributed by atoms with Crippen molar-refractivity contribution < 1.29 is 4.92 Å². The van der Waals surface area contributed by atoms with Crippen molar-refractivity contribution in [3.05, 3.63) is 39.4 Å². The minimum absolute atomic E-state index is 0.195. The Bertz CT molecular complexity index is 462. The average Bonchev–Trinajstić information content (AvgIpc) is 2.84. The molecule has 2 rings (SSSR count). The van der Waals surface area contributed by atoms with E-state index in [0.29, 0.717) is 25.0 Å². The van der Waals surface area contributed by atoms with Crippen LogP contribution >= 0.6 is 0 Å². The fourth-order valence-corrected chi connectivity index (χ4v) is 2.89. The van der Waals surface area contributed by atoms with Crippen LogP contribution in [0.2, 0.25) is 0 Å². The molecule has 0 spiro atoms. The van der Waals surface area contributed by atoms with Gasteiger partial charge in [-0.15, -0.1) is 0 Å². The second kappa shape index (κ2) is 6.12. The molecule has 104 valence electrons. The van der Waals surface area contributed by atoms with Crippen molar-refractivity contribution in [1.29, 1.82) is 0 Å². The summed E-state index contributed by atoms with van der Waals surface area (Å²) in [7, 11) is 0. The summed E-state index contributed by atoms with van der Waals surface area (Å²) >= 11 is 0. The normalized spacial score (nSPS) is 22.6. The lowest BCUT2D eigenvalue weighted by atomic mass is 10.0. The highest BCUT2D eigenvalue weighted by molar-refractivity contribution is 5.44. The zero-order valence-corrected chi connectivity index (χ0v) is 11.3. The predicted octanol–water partition coefficient (Wildman–Crippen LogP) is 2.12. The van der Waals surface area contributed by atoms with Crippen molar-refractivity contribution in [3.8, 4) is 0 Å². The lowest BCUT2D eigenvalue weighted by molar-refractivity contribution is -0.385. The first-order chi connectivity index (χ1) is 9.13. The molecule has 2 atom stereocenters. The fourth-order valence-electron chi connectivity index (χ4n) is 2.89. The van der Waals surface area contributed by atoms with Crippen molar-refractivity contribution in [2.75, 3.05) is 6.54 Å². The van der Waals surface area contributed by atoms with E-state index in [4.69, 9.17) is 5.73 Å². The molecule has 1 saturated carbocycles. The van der Waals surface area contributed by atoms with Crippen molar-refractivity contribution >= 4 is 5.69 Å². The van der Waals surface area contributed by atoms with E-state index in [0.717, 1.165) is 17.5 Å². The summed E-state index contributed by atoms with van der Waals surface area (Å²) in [5, 5.41) is 14.4. The van der Waals surface area contributed by atoms with Crippen molar-refractivity contribution in [2.24, 2.45) is 11.7 Å². The first-order valence-electron chi connectivity index (χ1n) is 6.79. The quantitative estimate of drug-likeness (QED) is 0.630. The summed E-state index contributed by atoms with van der Waals surface area (Å²) in [6.07, 6.45) is 3.55. The third-order valence-electron chi connectivity index (χ3n) is 4.13. The number of benzene rings is 1. The average molecular weight is 263 g/mol. The van der Waals surface area contributed by atoms with Gasteiger partial charge in [0.2, 0.25) is 0 Å². The molecule has 1 aliphatic rings. The predicted molar refractivity (Wildman–Crippen MR) is 74.9 cm³/mol. The molecule has 0 heterocycles. The first kappa shape index (κ1) is 14.0. The number of nitrogens with zero attached hydrogens (tertiary/aromatic N) is 1. The fraction of sp³-hybridized carbons (Fsp3) is 0.571. The summed E-state index contributed by atoms with van der Waals surface area (Å²) in [5.74, 6) is 0.541. The second-order valence-corrected chi connectivity index (χ2v) is 5.23. The van der Waals surface area contributed by atoms with Gasteiger partial charge in [-0.05, 0) is 37.8 Å². The van der Waals surface area contributed by atoms with E-state index in [1.165, 1.54) is 12.8 Å². The Hall–Kier alpha value is -1.46. The maximum atomic E-state index is 10.9. The van der Waals surface area contributed by atoms with Crippen LogP contribution in [0.3, 0.4) is 0 Å². The summed E-state index contributed by atoms with van der Waals surface area (Å²) in [4.78, 5) is 10.6. The number of hydrogen-bond acceptors (Lipinski definition) is 4. The molecule has 1 aliphatic carbocycles. The van der Waals surface area contributed by atoms with Crippen LogP contribution in [0.25, 0.3) is 0 Å². The minimum Gasteiger partial charge on any atom is -0.330 e. The summed E-state index contributed by atoms with van der Waals surface area (Å²) in [5.41, 5.74) is 7.70. The van der Waals surface area contributed by atoms with Gasteiger partial charge in [-0.3, -0.25) is 10.1 Å². The summed E-state index contributed by atoms with van der Waals surface area (Å²) in [6, 6.07) is 5.69. The van der Waals surface area contributed by atoms with Gasteiger partial charge in [-0.2, -0.15) is 0 Å². The van der Waals surface area contributed by atoms with E-state index in [1.807, 2.05) is 13.0 Å². The van der Waals surface area contributed by atoms with Gasteiger partial charge in [0.1, 0.15) is 0 Å². The minimum atomic E-state index is -0.322. The Morgan fingerprint density at radius 1 is 1.47 bits per heavy atom. The van der Waals surface area contributed by atoms with E-state index >= 15 is 0 Å². The lowest BCUT2D eigenvalue weighted by Crippen LogP contribution is -2.35. The topological polar surface area (TPSA) is 81.2 Å². The number of nitro benzene ring substituents is 1. The van der Waals surface area contributed by atoms with Gasteiger partial charge in [-0.1, -0.05) is 18.6 Å². The molecule has 0 saturated heterocycles.